The van der Waals surface area contributed by atoms with Gasteiger partial charge in [-0.05, 0) is 60.2 Å². The summed E-state index contributed by atoms with van der Waals surface area (Å²) in [6, 6.07) is 18.0. The summed E-state index contributed by atoms with van der Waals surface area (Å²) in [5.74, 6) is -0.878. The number of hydrogen-bond acceptors (Lipinski definition) is 5. The third-order valence-corrected chi connectivity index (χ3v) is 5.06. The zero-order valence-corrected chi connectivity index (χ0v) is 16.4. The van der Waals surface area contributed by atoms with Crippen molar-refractivity contribution < 1.29 is 9.18 Å². The zero-order chi connectivity index (χ0) is 21.2. The first-order chi connectivity index (χ1) is 15.2. The average Bonchev–Trinajstić information content (AvgIpc) is 3.12. The van der Waals surface area contributed by atoms with Crippen LogP contribution < -0.4 is 15.5 Å². The van der Waals surface area contributed by atoms with Gasteiger partial charge in [0.15, 0.2) is 0 Å². The predicted octanol–water partition coefficient (Wildman–Crippen LogP) is 5.26. The van der Waals surface area contributed by atoms with Crippen LogP contribution >= 0.6 is 0 Å². The molecule has 6 nitrogen and oxygen atoms in total. The predicted molar refractivity (Wildman–Crippen MR) is 118 cm³/mol. The number of carbonyl (C=O) groups is 1. The molecule has 4 aromatic rings. The van der Waals surface area contributed by atoms with E-state index in [1.807, 2.05) is 42.5 Å². The van der Waals surface area contributed by atoms with Gasteiger partial charge in [0.25, 0.3) is 5.91 Å². The van der Waals surface area contributed by atoms with Gasteiger partial charge in [-0.3, -0.25) is 14.8 Å². The van der Waals surface area contributed by atoms with Gasteiger partial charge in [-0.2, -0.15) is 0 Å². The molecule has 1 aliphatic rings. The van der Waals surface area contributed by atoms with E-state index in [0.29, 0.717) is 23.5 Å². The molecule has 1 aliphatic heterocycles. The highest BCUT2D eigenvalue weighted by Crippen LogP contribution is 2.34. The minimum atomic E-state index is -0.535. The van der Waals surface area contributed by atoms with Gasteiger partial charge in [-0.1, -0.05) is 6.07 Å². The number of nitrogens with zero attached hydrogens (tertiary/aromatic N) is 3. The van der Waals surface area contributed by atoms with Crippen LogP contribution in [0.1, 0.15) is 15.9 Å². The SMILES string of the molecule is O=C1c2c(F)cc(Nc3ccncc3)cc2CN1c1cccc(Nc2ccncc2)c1. The van der Waals surface area contributed by atoms with Crippen LogP contribution in [-0.4, -0.2) is 15.9 Å². The molecule has 0 saturated heterocycles. The first-order valence-corrected chi connectivity index (χ1v) is 9.76. The van der Waals surface area contributed by atoms with Crippen LogP contribution in [-0.2, 0) is 6.54 Å². The number of fused-ring (bicyclic) bond motifs is 1. The summed E-state index contributed by atoms with van der Waals surface area (Å²) in [6.45, 7) is 0.301. The molecule has 2 N–H and O–H groups in total. The lowest BCUT2D eigenvalue weighted by atomic mass is 10.1. The molecule has 0 saturated carbocycles. The third-order valence-electron chi connectivity index (χ3n) is 5.06. The Bertz CT molecular complexity index is 1250. The number of hydrogen-bond donors (Lipinski definition) is 2. The summed E-state index contributed by atoms with van der Waals surface area (Å²) in [7, 11) is 0. The summed E-state index contributed by atoms with van der Waals surface area (Å²) in [6.07, 6.45) is 6.72. The molecule has 0 bridgehead atoms. The summed E-state index contributed by atoms with van der Waals surface area (Å²) in [5.41, 5.74) is 4.56. The van der Waals surface area contributed by atoms with Crippen LogP contribution in [0.3, 0.4) is 0 Å². The Morgan fingerprint density at radius 1 is 0.774 bits per heavy atom. The molecule has 0 atom stereocenters. The van der Waals surface area contributed by atoms with E-state index in [9.17, 15) is 9.18 Å². The molecule has 0 fully saturated rings. The maximum Gasteiger partial charge on any atom is 0.261 e. The second kappa shape index (κ2) is 7.87. The molecule has 2 aromatic carbocycles. The van der Waals surface area contributed by atoms with Crippen LogP contribution in [0.2, 0.25) is 0 Å². The van der Waals surface area contributed by atoms with Crippen LogP contribution in [0.15, 0.2) is 85.5 Å². The van der Waals surface area contributed by atoms with Gasteiger partial charge in [0.1, 0.15) is 5.82 Å². The highest BCUT2D eigenvalue weighted by Gasteiger charge is 2.32. The minimum Gasteiger partial charge on any atom is -0.355 e. The second-order valence-electron chi connectivity index (χ2n) is 7.16. The van der Waals surface area contributed by atoms with Crippen molar-refractivity contribution in [3.63, 3.8) is 0 Å². The molecule has 152 valence electrons. The van der Waals surface area contributed by atoms with Crippen molar-refractivity contribution in [2.75, 3.05) is 15.5 Å². The number of halogens is 1. The Kier molecular flexibility index (Phi) is 4.76. The van der Waals surface area contributed by atoms with Crippen LogP contribution in [0.4, 0.5) is 32.8 Å². The van der Waals surface area contributed by atoms with E-state index >= 15 is 0 Å². The quantitative estimate of drug-likeness (QED) is 0.469. The lowest BCUT2D eigenvalue weighted by Crippen LogP contribution is -2.23. The number of rotatable bonds is 5. The van der Waals surface area contributed by atoms with E-state index in [1.165, 1.54) is 6.07 Å². The molecular weight excluding hydrogens is 393 g/mol. The van der Waals surface area contributed by atoms with Gasteiger partial charge in [-0.25, -0.2) is 4.39 Å². The molecule has 0 spiro atoms. The number of carbonyl (C=O) groups excluding carboxylic acids is 1. The zero-order valence-electron chi connectivity index (χ0n) is 16.4. The van der Waals surface area contributed by atoms with Crippen LogP contribution in [0, 0.1) is 5.82 Å². The lowest BCUT2D eigenvalue weighted by molar-refractivity contribution is 0.0993. The molecule has 1 amide bonds. The molecule has 2 aromatic heterocycles. The van der Waals surface area contributed by atoms with E-state index < -0.39 is 5.82 Å². The third kappa shape index (κ3) is 3.81. The average molecular weight is 411 g/mol. The lowest BCUT2D eigenvalue weighted by Gasteiger charge is -2.17. The van der Waals surface area contributed by atoms with Gasteiger partial charge < -0.3 is 15.5 Å². The fraction of sp³-hybridized carbons (Fsp3) is 0.0417. The Hall–Kier alpha value is -4.26. The van der Waals surface area contributed by atoms with Gasteiger partial charge in [0, 0.05) is 53.2 Å². The highest BCUT2D eigenvalue weighted by molar-refractivity contribution is 6.10. The van der Waals surface area contributed by atoms with Crippen molar-refractivity contribution in [2.45, 2.75) is 6.54 Å². The van der Waals surface area contributed by atoms with Crippen molar-refractivity contribution in [1.29, 1.82) is 0 Å². The minimum absolute atomic E-state index is 0.118. The number of amides is 1. The van der Waals surface area contributed by atoms with Crippen LogP contribution in [0.25, 0.3) is 0 Å². The summed E-state index contributed by atoms with van der Waals surface area (Å²) in [5, 5.41) is 6.44. The van der Waals surface area contributed by atoms with Crippen molar-refractivity contribution in [1.82, 2.24) is 9.97 Å². The fourth-order valence-corrected chi connectivity index (χ4v) is 3.64. The van der Waals surface area contributed by atoms with E-state index in [1.54, 1.807) is 41.8 Å². The summed E-state index contributed by atoms with van der Waals surface area (Å²) >= 11 is 0. The van der Waals surface area contributed by atoms with Gasteiger partial charge in [-0.15, -0.1) is 0 Å². The highest BCUT2D eigenvalue weighted by atomic mass is 19.1. The molecule has 0 radical (unpaired) electrons. The molecule has 0 aliphatic carbocycles. The second-order valence-corrected chi connectivity index (χ2v) is 7.16. The maximum absolute atomic E-state index is 14.8. The van der Waals surface area contributed by atoms with Crippen LogP contribution in [0.5, 0.6) is 0 Å². The molecule has 31 heavy (non-hydrogen) atoms. The van der Waals surface area contributed by atoms with E-state index in [0.717, 1.165) is 17.1 Å². The Morgan fingerprint density at radius 2 is 1.42 bits per heavy atom. The van der Waals surface area contributed by atoms with E-state index in [4.69, 9.17) is 0 Å². The fourth-order valence-electron chi connectivity index (χ4n) is 3.64. The van der Waals surface area contributed by atoms with Gasteiger partial charge >= 0.3 is 0 Å². The van der Waals surface area contributed by atoms with Gasteiger partial charge in [0.2, 0.25) is 0 Å². The van der Waals surface area contributed by atoms with Crippen molar-refractivity contribution in [3.8, 4) is 0 Å². The number of benzene rings is 2. The largest absolute Gasteiger partial charge is 0.355 e. The van der Waals surface area contributed by atoms with Crippen molar-refractivity contribution in [3.05, 3.63) is 102 Å². The van der Waals surface area contributed by atoms with E-state index in [-0.39, 0.29) is 11.5 Å². The van der Waals surface area contributed by atoms with Crippen molar-refractivity contribution in [2.24, 2.45) is 0 Å². The molecule has 5 rings (SSSR count). The molecule has 0 unspecified atom stereocenters. The summed E-state index contributed by atoms with van der Waals surface area (Å²) < 4.78 is 14.8. The summed E-state index contributed by atoms with van der Waals surface area (Å²) in [4.78, 5) is 22.6. The number of aromatic nitrogens is 2. The number of pyridine rings is 2. The first kappa shape index (κ1) is 18.7. The van der Waals surface area contributed by atoms with Gasteiger partial charge in [0.05, 0.1) is 12.1 Å². The number of anilines is 5. The number of nitrogens with one attached hydrogen (secondary N) is 2. The standard InChI is InChI=1S/C24H18FN5O/c25-22-14-20(29-18-6-10-27-11-7-18)12-16-15-30(24(31)23(16)22)21-3-1-2-19(13-21)28-17-4-8-26-9-5-17/h1-14H,15H2,(H,26,28)(H,27,29). The molecule has 3 heterocycles. The van der Waals surface area contributed by atoms with E-state index in [2.05, 4.69) is 20.6 Å². The monoisotopic (exact) mass is 411 g/mol. The van der Waals surface area contributed by atoms with Crippen molar-refractivity contribution >= 4 is 34.3 Å². The Labute approximate surface area is 178 Å². The Morgan fingerprint density at radius 3 is 2.10 bits per heavy atom. The maximum atomic E-state index is 14.8. The first-order valence-electron chi connectivity index (χ1n) is 9.76. The normalized spacial score (nSPS) is 12.5. The molecule has 7 heteroatoms. The topological polar surface area (TPSA) is 70.2 Å². The molecular formula is C24H18FN5O. The Balaban J connectivity index is 1.41. The smallest absolute Gasteiger partial charge is 0.261 e.